The molecule has 2 aromatic rings. The first-order valence-electron chi connectivity index (χ1n) is 6.40. The molecule has 0 aliphatic carbocycles. The van der Waals surface area contributed by atoms with Gasteiger partial charge in [-0.25, -0.2) is 0 Å². The molecule has 0 saturated carbocycles. The van der Waals surface area contributed by atoms with Gasteiger partial charge in [-0.3, -0.25) is 4.79 Å². The molecule has 1 aromatic heterocycles. The number of nitriles is 1. The molecule has 0 atom stereocenters. The van der Waals surface area contributed by atoms with Crippen molar-refractivity contribution in [1.82, 2.24) is 4.57 Å². The van der Waals surface area contributed by atoms with Gasteiger partial charge in [0.2, 0.25) is 0 Å². The van der Waals surface area contributed by atoms with Crippen LogP contribution in [0.2, 0.25) is 0 Å². The van der Waals surface area contributed by atoms with Crippen molar-refractivity contribution in [3.8, 4) is 11.8 Å². The van der Waals surface area contributed by atoms with E-state index < -0.39 is 0 Å². The number of aryl methyl sites for hydroxylation is 2. The van der Waals surface area contributed by atoms with Crippen LogP contribution >= 0.6 is 0 Å². The van der Waals surface area contributed by atoms with Crippen molar-refractivity contribution in [1.29, 1.82) is 5.26 Å². The second-order valence-corrected chi connectivity index (χ2v) is 4.52. The standard InChI is InChI=1S/C16H16N2O2/c1-12-7-8-14(11-17)16(19)18(12)10-9-13-5-3-4-6-15(13)20-2/h3-8H,9-10H2,1-2H3. The highest BCUT2D eigenvalue weighted by atomic mass is 16.5. The maximum absolute atomic E-state index is 12.1. The molecular formula is C16H16N2O2. The van der Waals surface area contributed by atoms with Crippen molar-refractivity contribution in [2.24, 2.45) is 0 Å². The predicted molar refractivity (Wildman–Crippen MR) is 76.9 cm³/mol. The lowest BCUT2D eigenvalue weighted by Gasteiger charge is -2.12. The third kappa shape index (κ3) is 2.72. The number of pyridine rings is 1. The van der Waals surface area contributed by atoms with E-state index in [2.05, 4.69) is 0 Å². The number of benzene rings is 1. The van der Waals surface area contributed by atoms with Crippen LogP contribution in [0.15, 0.2) is 41.2 Å². The van der Waals surface area contributed by atoms with E-state index >= 15 is 0 Å². The molecule has 0 bridgehead atoms. The van der Waals surface area contributed by atoms with E-state index in [-0.39, 0.29) is 11.1 Å². The molecule has 4 nitrogen and oxygen atoms in total. The Labute approximate surface area is 117 Å². The fourth-order valence-corrected chi connectivity index (χ4v) is 2.18. The average molecular weight is 268 g/mol. The van der Waals surface area contributed by atoms with Crippen LogP contribution in [0, 0.1) is 18.3 Å². The highest BCUT2D eigenvalue weighted by Crippen LogP contribution is 2.18. The van der Waals surface area contributed by atoms with Gasteiger partial charge >= 0.3 is 0 Å². The topological polar surface area (TPSA) is 55.0 Å². The van der Waals surface area contributed by atoms with Gasteiger partial charge in [0.25, 0.3) is 5.56 Å². The van der Waals surface area contributed by atoms with Gasteiger partial charge in [0, 0.05) is 12.2 Å². The minimum Gasteiger partial charge on any atom is -0.496 e. The van der Waals surface area contributed by atoms with Crippen molar-refractivity contribution in [2.45, 2.75) is 19.9 Å². The third-order valence-corrected chi connectivity index (χ3v) is 3.31. The van der Waals surface area contributed by atoms with Gasteiger partial charge in [-0.15, -0.1) is 0 Å². The van der Waals surface area contributed by atoms with Gasteiger partial charge in [0.05, 0.1) is 7.11 Å². The van der Waals surface area contributed by atoms with Crippen LogP contribution in [0.3, 0.4) is 0 Å². The second-order valence-electron chi connectivity index (χ2n) is 4.52. The van der Waals surface area contributed by atoms with E-state index in [4.69, 9.17) is 10.00 Å². The molecule has 0 radical (unpaired) electrons. The average Bonchev–Trinajstić information content (AvgIpc) is 2.47. The summed E-state index contributed by atoms with van der Waals surface area (Å²) in [6.07, 6.45) is 0.680. The molecule has 0 fully saturated rings. The number of aromatic nitrogens is 1. The van der Waals surface area contributed by atoms with Crippen molar-refractivity contribution < 1.29 is 4.74 Å². The van der Waals surface area contributed by atoms with Crippen molar-refractivity contribution >= 4 is 0 Å². The molecular weight excluding hydrogens is 252 g/mol. The SMILES string of the molecule is COc1ccccc1CCn1c(C)ccc(C#N)c1=O. The fourth-order valence-electron chi connectivity index (χ4n) is 2.18. The third-order valence-electron chi connectivity index (χ3n) is 3.31. The van der Waals surface area contributed by atoms with Crippen LogP contribution in [0.4, 0.5) is 0 Å². The Morgan fingerprint density at radius 2 is 2.00 bits per heavy atom. The Hall–Kier alpha value is -2.54. The maximum atomic E-state index is 12.1. The molecule has 0 saturated heterocycles. The molecule has 0 aliphatic heterocycles. The molecule has 0 aliphatic rings. The van der Waals surface area contributed by atoms with Crippen molar-refractivity contribution in [3.05, 3.63) is 63.6 Å². The first-order valence-corrected chi connectivity index (χ1v) is 6.40. The first-order chi connectivity index (χ1) is 9.67. The zero-order valence-electron chi connectivity index (χ0n) is 11.6. The monoisotopic (exact) mass is 268 g/mol. The quantitative estimate of drug-likeness (QED) is 0.854. The zero-order valence-corrected chi connectivity index (χ0v) is 11.6. The summed E-state index contributed by atoms with van der Waals surface area (Å²) in [6, 6.07) is 13.0. The van der Waals surface area contributed by atoms with Crippen LogP contribution in [-0.2, 0) is 13.0 Å². The van der Waals surface area contributed by atoms with Crippen molar-refractivity contribution in [2.75, 3.05) is 7.11 Å². The van der Waals surface area contributed by atoms with E-state index in [0.29, 0.717) is 13.0 Å². The first kappa shape index (κ1) is 13.9. The fraction of sp³-hybridized carbons (Fsp3) is 0.250. The molecule has 102 valence electrons. The highest BCUT2D eigenvalue weighted by Gasteiger charge is 2.07. The van der Waals surface area contributed by atoms with Gasteiger partial charge in [0.15, 0.2) is 0 Å². The van der Waals surface area contributed by atoms with E-state index in [9.17, 15) is 4.79 Å². The summed E-state index contributed by atoms with van der Waals surface area (Å²) in [5, 5.41) is 8.92. The molecule has 2 rings (SSSR count). The van der Waals surface area contributed by atoms with Gasteiger partial charge in [-0.2, -0.15) is 5.26 Å². The minimum absolute atomic E-state index is 0.177. The molecule has 1 heterocycles. The number of ether oxygens (including phenoxy) is 1. The normalized spacial score (nSPS) is 10.1. The Morgan fingerprint density at radius 1 is 1.25 bits per heavy atom. The minimum atomic E-state index is -0.234. The Morgan fingerprint density at radius 3 is 2.70 bits per heavy atom. The molecule has 0 N–H and O–H groups in total. The molecule has 20 heavy (non-hydrogen) atoms. The predicted octanol–water partition coefficient (Wildman–Crippen LogP) is 2.28. The van der Waals surface area contributed by atoms with E-state index in [0.717, 1.165) is 17.0 Å². The highest BCUT2D eigenvalue weighted by molar-refractivity contribution is 5.33. The summed E-state index contributed by atoms with van der Waals surface area (Å²) < 4.78 is 6.93. The molecule has 4 heteroatoms. The number of hydrogen-bond donors (Lipinski definition) is 0. The lowest BCUT2D eigenvalue weighted by atomic mass is 10.1. The molecule has 0 unspecified atom stereocenters. The van der Waals surface area contributed by atoms with E-state index in [1.54, 1.807) is 23.8 Å². The lowest BCUT2D eigenvalue weighted by molar-refractivity contribution is 0.408. The zero-order chi connectivity index (χ0) is 14.5. The van der Waals surface area contributed by atoms with E-state index in [1.165, 1.54) is 0 Å². The summed E-state index contributed by atoms with van der Waals surface area (Å²) in [4.78, 5) is 12.1. The Balaban J connectivity index is 2.28. The van der Waals surface area contributed by atoms with Crippen LogP contribution in [0.25, 0.3) is 0 Å². The number of nitrogens with zero attached hydrogens (tertiary/aromatic N) is 2. The van der Waals surface area contributed by atoms with Crippen LogP contribution < -0.4 is 10.3 Å². The Bertz CT molecular complexity index is 711. The molecule has 0 spiro atoms. The summed E-state index contributed by atoms with van der Waals surface area (Å²) in [5.74, 6) is 0.814. The number of rotatable bonds is 4. The van der Waals surface area contributed by atoms with Crippen LogP contribution in [-0.4, -0.2) is 11.7 Å². The van der Waals surface area contributed by atoms with Crippen molar-refractivity contribution in [3.63, 3.8) is 0 Å². The Kier molecular flexibility index (Phi) is 4.21. The van der Waals surface area contributed by atoms with Gasteiger partial charge in [-0.1, -0.05) is 18.2 Å². The molecule has 0 amide bonds. The number of para-hydroxylation sites is 1. The molecule has 1 aromatic carbocycles. The van der Waals surface area contributed by atoms with Gasteiger partial charge < -0.3 is 9.30 Å². The number of methoxy groups -OCH3 is 1. The summed E-state index contributed by atoms with van der Waals surface area (Å²) in [7, 11) is 1.63. The number of hydrogen-bond acceptors (Lipinski definition) is 3. The van der Waals surface area contributed by atoms with Gasteiger partial charge in [-0.05, 0) is 37.1 Å². The smallest absolute Gasteiger partial charge is 0.268 e. The van der Waals surface area contributed by atoms with Crippen LogP contribution in [0.5, 0.6) is 5.75 Å². The summed E-state index contributed by atoms with van der Waals surface area (Å²) >= 11 is 0. The van der Waals surface area contributed by atoms with Gasteiger partial charge in [0.1, 0.15) is 17.4 Å². The van der Waals surface area contributed by atoms with E-state index in [1.807, 2.05) is 37.3 Å². The second kappa shape index (κ2) is 6.07. The summed E-state index contributed by atoms with van der Waals surface area (Å²) in [6.45, 7) is 2.39. The maximum Gasteiger partial charge on any atom is 0.268 e. The lowest BCUT2D eigenvalue weighted by Crippen LogP contribution is -2.25. The van der Waals surface area contributed by atoms with Crippen LogP contribution in [0.1, 0.15) is 16.8 Å². The largest absolute Gasteiger partial charge is 0.496 e. The summed E-state index contributed by atoms with van der Waals surface area (Å²) in [5.41, 5.74) is 1.84.